The van der Waals surface area contributed by atoms with E-state index in [-0.39, 0.29) is 11.9 Å². The molecule has 1 atom stereocenters. The average molecular weight is 220 g/mol. The third kappa shape index (κ3) is 3.57. The van der Waals surface area contributed by atoms with Gasteiger partial charge in [-0.2, -0.15) is 0 Å². The normalized spacial score (nSPS) is 12.5. The van der Waals surface area contributed by atoms with E-state index in [1.165, 1.54) is 5.56 Å². The van der Waals surface area contributed by atoms with E-state index in [1.807, 2.05) is 18.2 Å². The number of primary amides is 1. The largest absolute Gasteiger partial charge is 0.374 e. The van der Waals surface area contributed by atoms with Crippen molar-refractivity contribution in [1.82, 2.24) is 0 Å². The Morgan fingerprint density at radius 3 is 2.50 bits per heavy atom. The van der Waals surface area contributed by atoms with Crippen molar-refractivity contribution >= 4 is 11.6 Å². The third-order valence-electron chi connectivity index (χ3n) is 2.44. The molecule has 3 heteroatoms. The molecule has 0 aliphatic rings. The van der Waals surface area contributed by atoms with Crippen LogP contribution in [0.1, 0.15) is 26.3 Å². The fourth-order valence-corrected chi connectivity index (χ4v) is 1.58. The Morgan fingerprint density at radius 2 is 1.94 bits per heavy atom. The molecule has 88 valence electrons. The fraction of sp³-hybridized carbons (Fsp3) is 0.462. The third-order valence-corrected chi connectivity index (χ3v) is 2.44. The maximum Gasteiger partial charge on any atom is 0.239 e. The summed E-state index contributed by atoms with van der Waals surface area (Å²) in [5.74, 6) is 0.256. The second kappa shape index (κ2) is 5.54. The van der Waals surface area contributed by atoms with E-state index < -0.39 is 0 Å². The van der Waals surface area contributed by atoms with Crippen molar-refractivity contribution in [3.05, 3.63) is 29.8 Å². The predicted molar refractivity (Wildman–Crippen MR) is 67.3 cm³/mol. The smallest absolute Gasteiger partial charge is 0.239 e. The minimum Gasteiger partial charge on any atom is -0.374 e. The monoisotopic (exact) mass is 220 g/mol. The molecule has 1 rings (SSSR count). The minimum atomic E-state index is -0.340. The highest BCUT2D eigenvalue weighted by Gasteiger charge is 2.10. The summed E-state index contributed by atoms with van der Waals surface area (Å²) in [6, 6.07) is 7.69. The van der Waals surface area contributed by atoms with Crippen LogP contribution >= 0.6 is 0 Å². The van der Waals surface area contributed by atoms with E-state index in [1.54, 1.807) is 6.92 Å². The van der Waals surface area contributed by atoms with Crippen molar-refractivity contribution in [3.8, 4) is 0 Å². The van der Waals surface area contributed by atoms with Crippen LogP contribution in [0, 0.1) is 5.92 Å². The summed E-state index contributed by atoms with van der Waals surface area (Å²) in [5, 5.41) is 3.14. The molecule has 0 saturated carbocycles. The second-order valence-electron chi connectivity index (χ2n) is 4.52. The van der Waals surface area contributed by atoms with Crippen LogP contribution in [0.15, 0.2) is 24.3 Å². The van der Waals surface area contributed by atoms with Crippen molar-refractivity contribution in [2.75, 3.05) is 5.32 Å². The quantitative estimate of drug-likeness (QED) is 0.799. The van der Waals surface area contributed by atoms with E-state index >= 15 is 0 Å². The number of rotatable bonds is 5. The Balaban J connectivity index is 2.82. The lowest BCUT2D eigenvalue weighted by Crippen LogP contribution is -2.32. The maximum atomic E-state index is 11.0. The summed E-state index contributed by atoms with van der Waals surface area (Å²) in [4.78, 5) is 11.0. The Bertz CT molecular complexity index is 361. The number of carbonyl (C=O) groups excluding carboxylic acids is 1. The van der Waals surface area contributed by atoms with Crippen LogP contribution in [0.2, 0.25) is 0 Å². The number of nitrogens with one attached hydrogen (secondary N) is 1. The molecule has 3 nitrogen and oxygen atoms in total. The van der Waals surface area contributed by atoms with Gasteiger partial charge in [0, 0.05) is 5.69 Å². The SMILES string of the molecule is CC(C)Cc1ccccc1NC(C)C(N)=O. The second-order valence-corrected chi connectivity index (χ2v) is 4.52. The van der Waals surface area contributed by atoms with Gasteiger partial charge < -0.3 is 11.1 Å². The Labute approximate surface area is 97.0 Å². The van der Waals surface area contributed by atoms with Crippen LogP contribution in [-0.2, 0) is 11.2 Å². The predicted octanol–water partition coefficient (Wildman–Crippen LogP) is 2.17. The molecule has 1 aromatic carbocycles. The number of para-hydroxylation sites is 1. The minimum absolute atomic E-state index is 0.334. The highest BCUT2D eigenvalue weighted by Crippen LogP contribution is 2.19. The highest BCUT2D eigenvalue weighted by atomic mass is 16.1. The molecule has 0 spiro atoms. The molecule has 1 unspecified atom stereocenters. The molecular formula is C13H20N2O. The number of hydrogen-bond donors (Lipinski definition) is 2. The zero-order valence-corrected chi connectivity index (χ0v) is 10.2. The molecule has 0 aromatic heterocycles. The number of benzene rings is 1. The van der Waals surface area contributed by atoms with Gasteiger partial charge in [-0.1, -0.05) is 32.0 Å². The molecule has 0 aliphatic carbocycles. The van der Waals surface area contributed by atoms with E-state index in [9.17, 15) is 4.79 Å². The first-order valence-corrected chi connectivity index (χ1v) is 5.64. The molecule has 0 aliphatic heterocycles. The highest BCUT2D eigenvalue weighted by molar-refractivity contribution is 5.82. The molecule has 0 fully saturated rings. The van der Waals surface area contributed by atoms with E-state index in [2.05, 4.69) is 25.2 Å². The number of hydrogen-bond acceptors (Lipinski definition) is 2. The van der Waals surface area contributed by atoms with E-state index in [4.69, 9.17) is 5.73 Å². The lowest BCUT2D eigenvalue weighted by molar-refractivity contribution is -0.118. The lowest BCUT2D eigenvalue weighted by Gasteiger charge is -2.16. The van der Waals surface area contributed by atoms with Crippen LogP contribution in [0.5, 0.6) is 0 Å². The van der Waals surface area contributed by atoms with Gasteiger partial charge in [-0.05, 0) is 30.9 Å². The van der Waals surface area contributed by atoms with Gasteiger partial charge in [-0.25, -0.2) is 0 Å². The van der Waals surface area contributed by atoms with Crippen LogP contribution in [0.3, 0.4) is 0 Å². The average Bonchev–Trinajstić information content (AvgIpc) is 2.20. The number of nitrogens with two attached hydrogens (primary N) is 1. The number of carbonyl (C=O) groups is 1. The van der Waals surface area contributed by atoms with Crippen molar-refractivity contribution in [3.63, 3.8) is 0 Å². The van der Waals surface area contributed by atoms with Crippen LogP contribution in [-0.4, -0.2) is 11.9 Å². The fourth-order valence-electron chi connectivity index (χ4n) is 1.58. The van der Waals surface area contributed by atoms with Crippen molar-refractivity contribution in [2.24, 2.45) is 11.7 Å². The zero-order valence-electron chi connectivity index (χ0n) is 10.2. The summed E-state index contributed by atoms with van der Waals surface area (Å²) in [7, 11) is 0. The molecule has 16 heavy (non-hydrogen) atoms. The molecule has 0 heterocycles. The van der Waals surface area contributed by atoms with Gasteiger partial charge in [0.2, 0.25) is 5.91 Å². The van der Waals surface area contributed by atoms with Crippen molar-refractivity contribution in [1.29, 1.82) is 0 Å². The Hall–Kier alpha value is -1.51. The Morgan fingerprint density at radius 1 is 1.31 bits per heavy atom. The van der Waals surface area contributed by atoms with Gasteiger partial charge in [-0.15, -0.1) is 0 Å². The van der Waals surface area contributed by atoms with Crippen LogP contribution in [0.25, 0.3) is 0 Å². The summed E-state index contributed by atoms with van der Waals surface area (Å²) in [6.45, 7) is 6.12. The topological polar surface area (TPSA) is 55.1 Å². The van der Waals surface area contributed by atoms with Crippen molar-refractivity contribution in [2.45, 2.75) is 33.2 Å². The number of anilines is 1. The summed E-state index contributed by atoms with van der Waals surface area (Å²) >= 11 is 0. The van der Waals surface area contributed by atoms with Gasteiger partial charge in [0.05, 0.1) is 0 Å². The first-order valence-electron chi connectivity index (χ1n) is 5.64. The summed E-state index contributed by atoms with van der Waals surface area (Å²) in [6.07, 6.45) is 0.995. The van der Waals surface area contributed by atoms with Gasteiger partial charge in [-0.3, -0.25) is 4.79 Å². The van der Waals surface area contributed by atoms with Crippen molar-refractivity contribution < 1.29 is 4.79 Å². The Kier molecular flexibility index (Phi) is 4.35. The van der Waals surface area contributed by atoms with Gasteiger partial charge in [0.15, 0.2) is 0 Å². The van der Waals surface area contributed by atoms with E-state index in [0.29, 0.717) is 5.92 Å². The lowest BCUT2D eigenvalue weighted by atomic mass is 10.0. The number of amides is 1. The molecular weight excluding hydrogens is 200 g/mol. The van der Waals surface area contributed by atoms with Gasteiger partial charge in [0.25, 0.3) is 0 Å². The van der Waals surface area contributed by atoms with E-state index in [0.717, 1.165) is 12.1 Å². The van der Waals surface area contributed by atoms with Gasteiger partial charge in [0.1, 0.15) is 6.04 Å². The first kappa shape index (κ1) is 12.6. The molecule has 0 radical (unpaired) electrons. The summed E-state index contributed by atoms with van der Waals surface area (Å²) < 4.78 is 0. The maximum absolute atomic E-state index is 11.0. The standard InChI is InChI=1S/C13H20N2O/c1-9(2)8-11-6-4-5-7-12(11)15-10(3)13(14)16/h4-7,9-10,15H,8H2,1-3H3,(H2,14,16). The van der Waals surface area contributed by atoms with Gasteiger partial charge >= 0.3 is 0 Å². The molecule has 3 N–H and O–H groups in total. The van der Waals surface area contributed by atoms with Crippen LogP contribution in [0.4, 0.5) is 5.69 Å². The summed E-state index contributed by atoms with van der Waals surface area (Å²) in [5.41, 5.74) is 7.46. The molecule has 0 saturated heterocycles. The van der Waals surface area contributed by atoms with Crippen LogP contribution < -0.4 is 11.1 Å². The molecule has 0 bridgehead atoms. The first-order chi connectivity index (χ1) is 7.50. The zero-order chi connectivity index (χ0) is 12.1. The molecule has 1 aromatic rings. The molecule has 1 amide bonds.